The molecule has 1 aliphatic heterocycles. The molecule has 1 aliphatic rings. The molecule has 0 bridgehead atoms. The van der Waals surface area contributed by atoms with E-state index in [1.807, 2.05) is 31.2 Å². The minimum absolute atomic E-state index is 0.154. The first-order chi connectivity index (χ1) is 18.3. The average molecular weight is 576 g/mol. The van der Waals surface area contributed by atoms with E-state index in [4.69, 9.17) is 4.74 Å². The summed E-state index contributed by atoms with van der Waals surface area (Å²) in [5.41, 5.74) is 1.87. The Labute approximate surface area is 232 Å². The smallest absolute Gasteiger partial charge is 0.416 e. The van der Waals surface area contributed by atoms with Crippen LogP contribution in [-0.2, 0) is 32.3 Å². The first kappa shape index (κ1) is 29.6. The van der Waals surface area contributed by atoms with Crippen molar-refractivity contribution >= 4 is 21.7 Å². The number of fused-ring (bicyclic) bond motifs is 3. The summed E-state index contributed by atoms with van der Waals surface area (Å²) in [5, 5.41) is 10.4. The minimum Gasteiger partial charge on any atom is -0.479 e. The molecule has 4 rings (SSSR count). The van der Waals surface area contributed by atoms with Crippen LogP contribution in [0.25, 0.3) is 22.3 Å². The van der Waals surface area contributed by atoms with Gasteiger partial charge in [-0.1, -0.05) is 42.0 Å². The summed E-state index contributed by atoms with van der Waals surface area (Å²) in [4.78, 5) is 12.7. The molecule has 0 saturated heterocycles. The Kier molecular flexibility index (Phi) is 7.34. The number of alkyl halides is 3. The number of carboxylic acid groups (broad SMARTS) is 1. The number of hydrogen-bond acceptors (Lipinski definition) is 4. The maximum Gasteiger partial charge on any atom is 0.416 e. The lowest BCUT2D eigenvalue weighted by Crippen LogP contribution is -2.35. The summed E-state index contributed by atoms with van der Waals surface area (Å²) < 4.78 is 75.5. The summed E-state index contributed by atoms with van der Waals surface area (Å²) in [6.07, 6.45) is -5.26. The summed E-state index contributed by atoms with van der Waals surface area (Å²) in [7, 11) is -4.09. The van der Waals surface area contributed by atoms with Crippen LogP contribution in [0.4, 0.5) is 18.9 Å². The van der Waals surface area contributed by atoms with Crippen molar-refractivity contribution < 1.29 is 36.2 Å². The van der Waals surface area contributed by atoms with Crippen molar-refractivity contribution in [1.29, 1.82) is 0 Å². The Balaban J connectivity index is 2.24. The van der Waals surface area contributed by atoms with E-state index in [0.717, 1.165) is 22.2 Å². The van der Waals surface area contributed by atoms with Crippen LogP contribution in [-0.4, -0.2) is 31.4 Å². The Morgan fingerprint density at radius 1 is 0.975 bits per heavy atom. The number of nitrogens with zero attached hydrogens (tertiary/aromatic N) is 1. The Bertz CT molecular complexity index is 1600. The van der Waals surface area contributed by atoms with E-state index in [-0.39, 0.29) is 22.4 Å². The van der Waals surface area contributed by atoms with Gasteiger partial charge in [0.15, 0.2) is 6.10 Å². The predicted octanol–water partition coefficient (Wildman–Crippen LogP) is 7.19. The molecule has 1 atom stereocenters. The zero-order valence-electron chi connectivity index (χ0n) is 23.4. The van der Waals surface area contributed by atoms with Gasteiger partial charge < -0.3 is 9.84 Å². The standard InChI is InChI=1S/C30H32F3NO5S/c1-16-11-13-19(14-12-16)23-17(2)24-20-9-8-10-22(30(31,32)33)21(20)15-34(40(7,37)38)26(24)18(3)25(23)27(28(35)36)39-29(4,5)6/h8-14,27H,15H2,1-7H3,(H,35,36)/t27-/m0/s1. The molecular formula is C30H32F3NO5S. The Morgan fingerprint density at radius 3 is 2.08 bits per heavy atom. The second-order valence-electron chi connectivity index (χ2n) is 11.2. The molecule has 40 heavy (non-hydrogen) atoms. The highest BCUT2D eigenvalue weighted by atomic mass is 32.2. The lowest BCUT2D eigenvalue weighted by Gasteiger charge is -2.38. The van der Waals surface area contributed by atoms with Gasteiger partial charge in [-0.2, -0.15) is 13.2 Å². The fourth-order valence-electron chi connectivity index (χ4n) is 5.42. The second-order valence-corrected chi connectivity index (χ2v) is 13.1. The predicted molar refractivity (Wildman–Crippen MR) is 149 cm³/mol. The summed E-state index contributed by atoms with van der Waals surface area (Å²) in [6, 6.07) is 11.1. The fraction of sp³-hybridized carbons (Fsp3) is 0.367. The first-order valence-electron chi connectivity index (χ1n) is 12.6. The van der Waals surface area contributed by atoms with Gasteiger partial charge in [0.1, 0.15) is 0 Å². The molecule has 0 unspecified atom stereocenters. The van der Waals surface area contributed by atoms with E-state index in [9.17, 15) is 31.5 Å². The van der Waals surface area contributed by atoms with E-state index >= 15 is 0 Å². The molecule has 0 fully saturated rings. The first-order valence-corrected chi connectivity index (χ1v) is 14.5. The van der Waals surface area contributed by atoms with Crippen LogP contribution in [0.3, 0.4) is 0 Å². The Morgan fingerprint density at radius 2 is 1.57 bits per heavy atom. The van der Waals surface area contributed by atoms with E-state index in [1.54, 1.807) is 40.7 Å². The lowest BCUT2D eigenvalue weighted by molar-refractivity contribution is -0.160. The van der Waals surface area contributed by atoms with Crippen LogP contribution >= 0.6 is 0 Å². The molecule has 1 heterocycles. The zero-order valence-corrected chi connectivity index (χ0v) is 24.2. The van der Waals surface area contributed by atoms with Crippen LogP contribution in [0.1, 0.15) is 60.3 Å². The van der Waals surface area contributed by atoms with E-state index < -0.39 is 46.0 Å². The van der Waals surface area contributed by atoms with Crippen molar-refractivity contribution in [2.24, 2.45) is 0 Å². The quantitative estimate of drug-likeness (QED) is 0.348. The van der Waals surface area contributed by atoms with E-state index in [0.29, 0.717) is 27.8 Å². The van der Waals surface area contributed by atoms with Gasteiger partial charge in [-0.05, 0) is 81.0 Å². The minimum atomic E-state index is -4.70. The lowest BCUT2D eigenvalue weighted by atomic mass is 9.79. The average Bonchev–Trinajstić information content (AvgIpc) is 2.82. The van der Waals surface area contributed by atoms with Gasteiger partial charge in [-0.25, -0.2) is 13.2 Å². The molecule has 3 aromatic rings. The van der Waals surface area contributed by atoms with Gasteiger partial charge in [0.25, 0.3) is 0 Å². The van der Waals surface area contributed by atoms with Crippen LogP contribution < -0.4 is 4.31 Å². The number of halogens is 3. The van der Waals surface area contributed by atoms with Gasteiger partial charge in [-0.3, -0.25) is 4.31 Å². The number of carboxylic acids is 1. The molecule has 0 aliphatic carbocycles. The summed E-state index contributed by atoms with van der Waals surface area (Å²) in [6.45, 7) is 9.79. The van der Waals surface area contributed by atoms with Crippen molar-refractivity contribution in [3.63, 3.8) is 0 Å². The molecule has 0 spiro atoms. The third-order valence-corrected chi connectivity index (χ3v) is 8.13. The number of ether oxygens (including phenoxy) is 1. The molecule has 0 aromatic heterocycles. The fourth-order valence-corrected chi connectivity index (χ4v) is 6.34. The molecule has 0 radical (unpaired) electrons. The largest absolute Gasteiger partial charge is 0.479 e. The monoisotopic (exact) mass is 575 g/mol. The molecule has 6 nitrogen and oxygen atoms in total. The molecule has 0 saturated carbocycles. The molecule has 10 heteroatoms. The highest BCUT2D eigenvalue weighted by Crippen LogP contribution is 2.53. The van der Waals surface area contributed by atoms with Crippen LogP contribution in [0.5, 0.6) is 0 Å². The maximum atomic E-state index is 14.1. The van der Waals surface area contributed by atoms with E-state index in [1.165, 1.54) is 6.07 Å². The normalized spacial score (nSPS) is 14.5. The number of aliphatic carboxylic acids is 1. The van der Waals surface area contributed by atoms with Crippen molar-refractivity contribution in [1.82, 2.24) is 0 Å². The number of aryl methyl sites for hydroxylation is 1. The highest BCUT2D eigenvalue weighted by molar-refractivity contribution is 7.92. The second kappa shape index (κ2) is 9.92. The third kappa shape index (κ3) is 5.34. The van der Waals surface area contributed by atoms with Gasteiger partial charge in [0, 0.05) is 11.1 Å². The topological polar surface area (TPSA) is 83.9 Å². The number of carbonyl (C=O) groups is 1. The van der Waals surface area contributed by atoms with Gasteiger partial charge in [-0.15, -0.1) is 0 Å². The van der Waals surface area contributed by atoms with Crippen molar-refractivity contribution in [2.45, 2.75) is 66.0 Å². The van der Waals surface area contributed by atoms with Crippen LogP contribution in [0, 0.1) is 20.8 Å². The highest BCUT2D eigenvalue weighted by Gasteiger charge is 2.42. The van der Waals surface area contributed by atoms with Gasteiger partial charge in [0.2, 0.25) is 10.0 Å². The number of benzene rings is 3. The van der Waals surface area contributed by atoms with Gasteiger partial charge >= 0.3 is 12.1 Å². The van der Waals surface area contributed by atoms with Crippen molar-refractivity contribution in [3.05, 3.63) is 75.8 Å². The maximum absolute atomic E-state index is 14.1. The SMILES string of the molecule is Cc1ccc(-c2c(C)c3c(c(C)c2[C@H](OC(C)(C)C)C(=O)O)N(S(C)(=O)=O)Cc2c-3cccc2C(F)(F)F)cc1. The van der Waals surface area contributed by atoms with E-state index in [2.05, 4.69) is 0 Å². The Hall–Kier alpha value is -3.37. The van der Waals surface area contributed by atoms with Crippen LogP contribution in [0.15, 0.2) is 42.5 Å². The molecule has 0 amide bonds. The zero-order chi connectivity index (χ0) is 29.9. The molecule has 1 N–H and O–H groups in total. The number of anilines is 1. The van der Waals surface area contributed by atoms with Gasteiger partial charge in [0.05, 0.1) is 29.7 Å². The molecule has 3 aromatic carbocycles. The molecular weight excluding hydrogens is 543 g/mol. The summed E-state index contributed by atoms with van der Waals surface area (Å²) >= 11 is 0. The number of hydrogen-bond donors (Lipinski definition) is 1. The van der Waals surface area contributed by atoms with Crippen molar-refractivity contribution in [2.75, 3.05) is 10.6 Å². The number of sulfonamides is 1. The molecule has 214 valence electrons. The third-order valence-electron chi connectivity index (χ3n) is 7.02. The summed E-state index contributed by atoms with van der Waals surface area (Å²) in [5.74, 6) is -1.27. The van der Waals surface area contributed by atoms with Crippen molar-refractivity contribution in [3.8, 4) is 22.3 Å². The number of rotatable bonds is 5. The van der Waals surface area contributed by atoms with Crippen LogP contribution in [0.2, 0.25) is 0 Å².